The Balaban J connectivity index is 1.47. The summed E-state index contributed by atoms with van der Waals surface area (Å²) in [5.74, 6) is 0.361. The maximum atomic E-state index is 12.2. The van der Waals surface area contributed by atoms with Crippen LogP contribution in [0.15, 0.2) is 78.9 Å². The fraction of sp³-hybridized carbons (Fsp3) is 0.130. The first-order chi connectivity index (χ1) is 13.7. The highest BCUT2D eigenvalue weighted by atomic mass is 16.5. The minimum atomic E-state index is -0.509. The molecular formula is C23H22N2O3. The molecule has 0 aliphatic rings. The van der Waals surface area contributed by atoms with Crippen molar-refractivity contribution in [2.75, 3.05) is 13.7 Å². The smallest absolute Gasteiger partial charge is 0.321 e. The van der Waals surface area contributed by atoms with Gasteiger partial charge in [0.15, 0.2) is 0 Å². The average Bonchev–Trinajstić information content (AvgIpc) is 2.75. The quantitative estimate of drug-likeness (QED) is 0.684. The lowest BCUT2D eigenvalue weighted by Gasteiger charge is -2.08. The number of hydrogen-bond donors (Lipinski definition) is 2. The number of imide groups is 1. The number of amides is 3. The molecule has 0 spiro atoms. The summed E-state index contributed by atoms with van der Waals surface area (Å²) >= 11 is 0. The zero-order valence-corrected chi connectivity index (χ0v) is 15.6. The van der Waals surface area contributed by atoms with Crippen molar-refractivity contribution in [3.63, 3.8) is 0 Å². The Bertz CT molecular complexity index is 920. The van der Waals surface area contributed by atoms with E-state index in [1.807, 2.05) is 66.7 Å². The Kier molecular flexibility index (Phi) is 6.41. The normalized spacial score (nSPS) is 10.2. The van der Waals surface area contributed by atoms with E-state index in [0.717, 1.165) is 22.4 Å². The highest BCUT2D eigenvalue weighted by molar-refractivity contribution is 6.04. The van der Waals surface area contributed by atoms with Crippen LogP contribution in [0.5, 0.6) is 5.75 Å². The molecule has 3 aromatic rings. The van der Waals surface area contributed by atoms with Crippen LogP contribution in [0.1, 0.15) is 15.9 Å². The third-order valence-corrected chi connectivity index (χ3v) is 4.34. The van der Waals surface area contributed by atoms with Crippen LogP contribution >= 0.6 is 0 Å². The lowest BCUT2D eigenvalue weighted by atomic mass is 10.0. The fourth-order valence-electron chi connectivity index (χ4n) is 2.78. The van der Waals surface area contributed by atoms with Crippen molar-refractivity contribution < 1.29 is 14.3 Å². The van der Waals surface area contributed by atoms with E-state index in [0.29, 0.717) is 18.5 Å². The molecule has 0 saturated heterocycles. The number of ether oxygens (including phenoxy) is 1. The molecule has 0 bridgehead atoms. The monoisotopic (exact) mass is 374 g/mol. The molecule has 0 aliphatic heterocycles. The van der Waals surface area contributed by atoms with Crippen molar-refractivity contribution in [2.24, 2.45) is 0 Å². The van der Waals surface area contributed by atoms with Crippen LogP contribution in [0.25, 0.3) is 11.1 Å². The predicted molar refractivity (Wildman–Crippen MR) is 109 cm³/mol. The van der Waals surface area contributed by atoms with Gasteiger partial charge in [0, 0.05) is 12.1 Å². The van der Waals surface area contributed by atoms with Gasteiger partial charge in [0.1, 0.15) is 5.75 Å². The summed E-state index contributed by atoms with van der Waals surface area (Å²) in [5.41, 5.74) is 3.60. The number of carbonyl (C=O) groups is 2. The standard InChI is InChI=1S/C23H22N2O3/c1-28-21-13-7-17(8-14-21)15-16-24-23(27)25-22(26)20-11-9-19(10-12-20)18-5-3-2-4-6-18/h2-14H,15-16H2,1H3,(H2,24,25,26,27). The molecule has 0 saturated carbocycles. The maximum Gasteiger partial charge on any atom is 0.321 e. The van der Waals surface area contributed by atoms with Crippen LogP contribution in [0.2, 0.25) is 0 Å². The Labute approximate surface area is 164 Å². The molecule has 0 aromatic heterocycles. The molecule has 3 rings (SSSR count). The lowest BCUT2D eigenvalue weighted by Crippen LogP contribution is -2.40. The number of urea groups is 1. The third kappa shape index (κ3) is 5.20. The highest BCUT2D eigenvalue weighted by Crippen LogP contribution is 2.19. The predicted octanol–water partition coefficient (Wildman–Crippen LogP) is 4.04. The Morgan fingerprint density at radius 2 is 1.46 bits per heavy atom. The first-order valence-electron chi connectivity index (χ1n) is 9.03. The Hall–Kier alpha value is -3.60. The second kappa shape index (κ2) is 9.37. The zero-order valence-electron chi connectivity index (χ0n) is 15.6. The number of rotatable bonds is 6. The van der Waals surface area contributed by atoms with Gasteiger partial charge in [0.2, 0.25) is 0 Å². The Morgan fingerprint density at radius 1 is 0.821 bits per heavy atom. The van der Waals surface area contributed by atoms with Crippen molar-refractivity contribution in [1.29, 1.82) is 0 Å². The molecule has 0 radical (unpaired) electrons. The summed E-state index contributed by atoms with van der Waals surface area (Å²) in [7, 11) is 1.62. The second-order valence-corrected chi connectivity index (χ2v) is 6.25. The number of benzene rings is 3. The number of nitrogens with one attached hydrogen (secondary N) is 2. The van der Waals surface area contributed by atoms with Crippen molar-refractivity contribution in [1.82, 2.24) is 10.6 Å². The molecule has 0 atom stereocenters. The SMILES string of the molecule is COc1ccc(CCNC(=O)NC(=O)c2ccc(-c3ccccc3)cc2)cc1. The van der Waals surface area contributed by atoms with Crippen LogP contribution in [0.4, 0.5) is 4.79 Å². The molecule has 0 unspecified atom stereocenters. The van der Waals surface area contributed by atoms with Gasteiger partial charge in [0.05, 0.1) is 7.11 Å². The van der Waals surface area contributed by atoms with Gasteiger partial charge in [-0.25, -0.2) is 4.79 Å². The van der Waals surface area contributed by atoms with E-state index >= 15 is 0 Å². The molecule has 2 N–H and O–H groups in total. The van der Waals surface area contributed by atoms with Crippen molar-refractivity contribution in [3.05, 3.63) is 90.0 Å². The van der Waals surface area contributed by atoms with E-state index in [4.69, 9.17) is 4.74 Å². The fourth-order valence-corrected chi connectivity index (χ4v) is 2.78. The van der Waals surface area contributed by atoms with Crippen LogP contribution in [-0.4, -0.2) is 25.6 Å². The summed E-state index contributed by atoms with van der Waals surface area (Å²) in [6, 6.07) is 24.2. The molecule has 142 valence electrons. The topological polar surface area (TPSA) is 67.4 Å². The molecule has 28 heavy (non-hydrogen) atoms. The second-order valence-electron chi connectivity index (χ2n) is 6.25. The third-order valence-electron chi connectivity index (χ3n) is 4.34. The van der Waals surface area contributed by atoms with Gasteiger partial charge in [-0.2, -0.15) is 0 Å². The van der Waals surface area contributed by atoms with E-state index in [-0.39, 0.29) is 0 Å². The molecule has 5 heteroatoms. The minimum absolute atomic E-state index is 0.429. The number of carbonyl (C=O) groups excluding carboxylic acids is 2. The van der Waals surface area contributed by atoms with E-state index in [9.17, 15) is 9.59 Å². The average molecular weight is 374 g/mol. The molecule has 3 amide bonds. The summed E-state index contributed by atoms with van der Waals surface area (Å²) in [4.78, 5) is 24.2. The molecular weight excluding hydrogens is 352 g/mol. The molecule has 5 nitrogen and oxygen atoms in total. The van der Waals surface area contributed by atoms with Crippen molar-refractivity contribution >= 4 is 11.9 Å². The van der Waals surface area contributed by atoms with Gasteiger partial charge >= 0.3 is 6.03 Å². The van der Waals surface area contributed by atoms with Gasteiger partial charge in [-0.15, -0.1) is 0 Å². The van der Waals surface area contributed by atoms with Gasteiger partial charge in [-0.1, -0.05) is 54.6 Å². The van der Waals surface area contributed by atoms with Gasteiger partial charge < -0.3 is 10.1 Å². The van der Waals surface area contributed by atoms with Gasteiger partial charge in [0.25, 0.3) is 5.91 Å². The summed E-state index contributed by atoms with van der Waals surface area (Å²) in [6.07, 6.45) is 0.664. The van der Waals surface area contributed by atoms with Crippen LogP contribution in [0, 0.1) is 0 Å². The van der Waals surface area contributed by atoms with E-state index in [1.54, 1.807) is 19.2 Å². The van der Waals surface area contributed by atoms with E-state index in [1.165, 1.54) is 0 Å². The van der Waals surface area contributed by atoms with Crippen LogP contribution in [0.3, 0.4) is 0 Å². The van der Waals surface area contributed by atoms with Gasteiger partial charge in [-0.05, 0) is 47.4 Å². The van der Waals surface area contributed by atoms with Crippen molar-refractivity contribution in [2.45, 2.75) is 6.42 Å². The summed E-state index contributed by atoms with van der Waals surface area (Å²) in [6.45, 7) is 0.429. The van der Waals surface area contributed by atoms with Gasteiger partial charge in [-0.3, -0.25) is 10.1 Å². The number of methoxy groups -OCH3 is 1. The highest BCUT2D eigenvalue weighted by Gasteiger charge is 2.10. The van der Waals surface area contributed by atoms with Crippen LogP contribution in [-0.2, 0) is 6.42 Å². The van der Waals surface area contributed by atoms with E-state index in [2.05, 4.69) is 10.6 Å². The first-order valence-corrected chi connectivity index (χ1v) is 9.03. The molecule has 0 aliphatic carbocycles. The first kappa shape index (κ1) is 19.2. The lowest BCUT2D eigenvalue weighted by molar-refractivity contribution is 0.0964. The maximum absolute atomic E-state index is 12.2. The molecule has 0 heterocycles. The number of hydrogen-bond acceptors (Lipinski definition) is 3. The Morgan fingerprint density at radius 3 is 2.11 bits per heavy atom. The molecule has 0 fully saturated rings. The van der Waals surface area contributed by atoms with E-state index < -0.39 is 11.9 Å². The zero-order chi connectivity index (χ0) is 19.8. The minimum Gasteiger partial charge on any atom is -0.497 e. The summed E-state index contributed by atoms with van der Waals surface area (Å²) < 4.78 is 5.11. The molecule has 3 aromatic carbocycles. The largest absolute Gasteiger partial charge is 0.497 e. The van der Waals surface area contributed by atoms with Crippen LogP contribution < -0.4 is 15.4 Å². The van der Waals surface area contributed by atoms with Crippen molar-refractivity contribution in [3.8, 4) is 16.9 Å². The summed E-state index contributed by atoms with van der Waals surface area (Å²) in [5, 5.41) is 5.05.